The predicted molar refractivity (Wildman–Crippen MR) is 105 cm³/mol. The van der Waals surface area contributed by atoms with Crippen molar-refractivity contribution in [1.29, 1.82) is 0 Å². The van der Waals surface area contributed by atoms with E-state index in [-0.39, 0.29) is 18.4 Å². The highest BCUT2D eigenvalue weighted by Crippen LogP contribution is 2.38. The van der Waals surface area contributed by atoms with Gasteiger partial charge in [-0.3, -0.25) is 4.79 Å². The molecule has 0 saturated heterocycles. The Morgan fingerprint density at radius 2 is 1.92 bits per heavy atom. The molecule has 0 spiro atoms. The Morgan fingerprint density at radius 3 is 2.65 bits per heavy atom. The summed E-state index contributed by atoms with van der Waals surface area (Å²) in [7, 11) is 1.88. The standard InChI is InChI=1S/C20H24N2O3S/c1-3-25-20(24)18-15-11-7-8-12-16(15)26-19(18)21-17(23)13-22(2)14-9-5-4-6-10-14/h4-6,9-10H,3,7-8,11-13H2,1-2H3,(H,21,23). The number of aryl methyl sites for hydroxylation is 1. The Hall–Kier alpha value is -2.34. The lowest BCUT2D eigenvalue weighted by Gasteiger charge is -2.18. The number of para-hydroxylation sites is 1. The van der Waals surface area contributed by atoms with Gasteiger partial charge in [-0.05, 0) is 50.3 Å². The van der Waals surface area contributed by atoms with E-state index >= 15 is 0 Å². The molecular formula is C20H24N2O3S. The summed E-state index contributed by atoms with van der Waals surface area (Å²) < 4.78 is 5.23. The minimum Gasteiger partial charge on any atom is -0.462 e. The Kier molecular flexibility index (Phi) is 5.93. The molecule has 1 heterocycles. The third-order valence-electron chi connectivity index (χ3n) is 4.48. The molecule has 1 amide bonds. The summed E-state index contributed by atoms with van der Waals surface area (Å²) in [5.41, 5.74) is 2.59. The van der Waals surface area contributed by atoms with E-state index in [9.17, 15) is 9.59 Å². The first-order valence-electron chi connectivity index (χ1n) is 8.97. The highest BCUT2D eigenvalue weighted by atomic mass is 32.1. The first-order valence-corrected chi connectivity index (χ1v) is 9.79. The SMILES string of the molecule is CCOC(=O)c1c(NC(=O)CN(C)c2ccccc2)sc2c1CCCC2. The van der Waals surface area contributed by atoms with Crippen LogP contribution in [0.15, 0.2) is 30.3 Å². The van der Waals surface area contributed by atoms with Gasteiger partial charge in [-0.25, -0.2) is 4.79 Å². The fourth-order valence-corrected chi connectivity index (χ4v) is 4.52. The first-order chi connectivity index (χ1) is 12.6. The van der Waals surface area contributed by atoms with E-state index in [1.54, 1.807) is 6.92 Å². The average molecular weight is 372 g/mol. The molecule has 0 bridgehead atoms. The van der Waals surface area contributed by atoms with Crippen molar-refractivity contribution in [3.05, 3.63) is 46.3 Å². The number of hydrogen-bond acceptors (Lipinski definition) is 5. The van der Waals surface area contributed by atoms with Crippen molar-refractivity contribution in [3.63, 3.8) is 0 Å². The van der Waals surface area contributed by atoms with Gasteiger partial charge in [0.25, 0.3) is 0 Å². The Labute approximate surface area is 158 Å². The van der Waals surface area contributed by atoms with Crippen LogP contribution in [0.5, 0.6) is 0 Å². The minimum atomic E-state index is -0.335. The summed E-state index contributed by atoms with van der Waals surface area (Å²) in [4.78, 5) is 28.1. The van der Waals surface area contributed by atoms with Crippen molar-refractivity contribution in [2.75, 3.05) is 30.4 Å². The number of amides is 1. The molecule has 3 rings (SSSR count). The summed E-state index contributed by atoms with van der Waals surface area (Å²) in [5, 5.41) is 3.57. The second kappa shape index (κ2) is 8.36. The van der Waals surface area contributed by atoms with Gasteiger partial charge >= 0.3 is 5.97 Å². The highest BCUT2D eigenvalue weighted by molar-refractivity contribution is 7.17. The summed E-state index contributed by atoms with van der Waals surface area (Å²) in [6, 6.07) is 9.74. The molecular weight excluding hydrogens is 348 g/mol. The monoisotopic (exact) mass is 372 g/mol. The smallest absolute Gasteiger partial charge is 0.341 e. The molecule has 0 fully saturated rings. The fraction of sp³-hybridized carbons (Fsp3) is 0.400. The van der Waals surface area contributed by atoms with Crippen LogP contribution in [0.1, 0.15) is 40.6 Å². The first kappa shape index (κ1) is 18.5. The van der Waals surface area contributed by atoms with Crippen molar-refractivity contribution in [2.24, 2.45) is 0 Å². The zero-order valence-electron chi connectivity index (χ0n) is 15.2. The largest absolute Gasteiger partial charge is 0.462 e. The van der Waals surface area contributed by atoms with Gasteiger partial charge in [-0.2, -0.15) is 0 Å². The number of ether oxygens (including phenoxy) is 1. The lowest BCUT2D eigenvalue weighted by Crippen LogP contribution is -2.30. The lowest BCUT2D eigenvalue weighted by atomic mass is 9.95. The Morgan fingerprint density at radius 1 is 1.19 bits per heavy atom. The topological polar surface area (TPSA) is 58.6 Å². The minimum absolute atomic E-state index is 0.138. The molecule has 26 heavy (non-hydrogen) atoms. The molecule has 5 nitrogen and oxygen atoms in total. The van der Waals surface area contributed by atoms with Gasteiger partial charge in [-0.1, -0.05) is 18.2 Å². The van der Waals surface area contributed by atoms with Crippen molar-refractivity contribution in [3.8, 4) is 0 Å². The number of nitrogens with one attached hydrogen (secondary N) is 1. The second-order valence-electron chi connectivity index (χ2n) is 6.38. The molecule has 0 radical (unpaired) electrons. The molecule has 1 aliphatic carbocycles. The second-order valence-corrected chi connectivity index (χ2v) is 7.48. The number of hydrogen-bond donors (Lipinski definition) is 1. The van der Waals surface area contributed by atoms with E-state index in [0.717, 1.165) is 36.9 Å². The van der Waals surface area contributed by atoms with Crippen molar-refractivity contribution in [2.45, 2.75) is 32.6 Å². The zero-order valence-corrected chi connectivity index (χ0v) is 16.0. The molecule has 0 unspecified atom stereocenters. The summed E-state index contributed by atoms with van der Waals surface area (Å²) in [6.07, 6.45) is 4.03. The van der Waals surface area contributed by atoms with Crippen LogP contribution in [0.25, 0.3) is 0 Å². The number of thiophene rings is 1. The third-order valence-corrected chi connectivity index (χ3v) is 5.69. The molecule has 6 heteroatoms. The number of likely N-dealkylation sites (N-methyl/N-ethyl adjacent to an activating group) is 1. The molecule has 0 aliphatic heterocycles. The van der Waals surface area contributed by atoms with E-state index in [2.05, 4.69) is 5.32 Å². The van der Waals surface area contributed by atoms with Crippen LogP contribution in [0.2, 0.25) is 0 Å². The zero-order chi connectivity index (χ0) is 18.5. The molecule has 1 aromatic carbocycles. The van der Waals surface area contributed by atoms with Gasteiger partial charge in [0.2, 0.25) is 5.91 Å². The van der Waals surface area contributed by atoms with Crippen LogP contribution in [-0.4, -0.2) is 32.1 Å². The van der Waals surface area contributed by atoms with Crippen LogP contribution >= 0.6 is 11.3 Å². The van der Waals surface area contributed by atoms with Crippen LogP contribution in [0.3, 0.4) is 0 Å². The van der Waals surface area contributed by atoms with E-state index in [4.69, 9.17) is 4.74 Å². The molecule has 1 aromatic heterocycles. The number of esters is 1. The van der Waals surface area contributed by atoms with E-state index in [1.165, 1.54) is 16.2 Å². The summed E-state index contributed by atoms with van der Waals surface area (Å²) in [5.74, 6) is -0.473. The number of rotatable bonds is 6. The number of carbonyl (C=O) groups excluding carboxylic acids is 2. The van der Waals surface area contributed by atoms with E-state index < -0.39 is 0 Å². The van der Waals surface area contributed by atoms with Crippen molar-refractivity contribution >= 4 is 33.9 Å². The molecule has 0 atom stereocenters. The maximum atomic E-state index is 12.5. The van der Waals surface area contributed by atoms with Gasteiger partial charge in [-0.15, -0.1) is 11.3 Å². The van der Waals surface area contributed by atoms with Crippen LogP contribution < -0.4 is 10.2 Å². The van der Waals surface area contributed by atoms with Crippen LogP contribution in [-0.2, 0) is 22.4 Å². The number of fused-ring (bicyclic) bond motifs is 1. The van der Waals surface area contributed by atoms with Crippen LogP contribution in [0.4, 0.5) is 10.7 Å². The summed E-state index contributed by atoms with van der Waals surface area (Å²) >= 11 is 1.52. The van der Waals surface area contributed by atoms with Gasteiger partial charge in [0, 0.05) is 17.6 Å². The number of benzene rings is 1. The van der Waals surface area contributed by atoms with Gasteiger partial charge < -0.3 is 15.0 Å². The third kappa shape index (κ3) is 4.07. The fourth-order valence-electron chi connectivity index (χ4n) is 3.23. The maximum absolute atomic E-state index is 12.5. The van der Waals surface area contributed by atoms with E-state index in [1.807, 2.05) is 42.3 Å². The Balaban J connectivity index is 1.77. The molecule has 138 valence electrons. The van der Waals surface area contributed by atoms with Gasteiger partial charge in [0.1, 0.15) is 5.00 Å². The Bertz CT molecular complexity index is 786. The van der Waals surface area contributed by atoms with Crippen molar-refractivity contribution < 1.29 is 14.3 Å². The number of carbonyl (C=O) groups is 2. The molecule has 1 aliphatic rings. The molecule has 1 N–H and O–H groups in total. The van der Waals surface area contributed by atoms with Crippen LogP contribution in [0, 0.1) is 0 Å². The molecule has 0 saturated carbocycles. The molecule has 2 aromatic rings. The number of nitrogens with zero attached hydrogens (tertiary/aromatic N) is 1. The quantitative estimate of drug-likeness (QED) is 0.782. The summed E-state index contributed by atoms with van der Waals surface area (Å²) in [6.45, 7) is 2.34. The highest BCUT2D eigenvalue weighted by Gasteiger charge is 2.27. The average Bonchev–Trinajstić information content (AvgIpc) is 3.00. The van der Waals surface area contributed by atoms with Gasteiger partial charge in [0.15, 0.2) is 0 Å². The predicted octanol–water partition coefficient (Wildman–Crippen LogP) is 3.88. The number of anilines is 2. The van der Waals surface area contributed by atoms with Crippen molar-refractivity contribution in [1.82, 2.24) is 0 Å². The maximum Gasteiger partial charge on any atom is 0.341 e. The normalized spacial score (nSPS) is 13.0. The van der Waals surface area contributed by atoms with Gasteiger partial charge in [0.05, 0.1) is 18.7 Å². The van der Waals surface area contributed by atoms with E-state index in [0.29, 0.717) is 17.2 Å². The lowest BCUT2D eigenvalue weighted by molar-refractivity contribution is -0.114.